The Hall–Kier alpha value is -3.56. The largest absolute Gasteiger partial charge is 0.497 e. The molecule has 0 aliphatic carbocycles. The first-order valence-electron chi connectivity index (χ1n) is 10.5. The third-order valence-corrected chi connectivity index (χ3v) is 7.45. The van der Waals surface area contributed by atoms with Gasteiger partial charge >= 0.3 is 0 Å². The SMILES string of the molecule is COc1ccc(NS(=O)(=O)c2cccc(C(=O)N(Cc3ccco3)Cc3ccc(C)s3)c2)cc1. The zero-order chi connectivity index (χ0) is 24.1. The number of amides is 1. The van der Waals surface area contributed by atoms with Crippen molar-refractivity contribution in [1.82, 2.24) is 4.90 Å². The maximum absolute atomic E-state index is 13.5. The van der Waals surface area contributed by atoms with Gasteiger partial charge in [0.1, 0.15) is 11.5 Å². The molecule has 34 heavy (non-hydrogen) atoms. The summed E-state index contributed by atoms with van der Waals surface area (Å²) in [5.74, 6) is 0.976. The van der Waals surface area contributed by atoms with Gasteiger partial charge in [-0.25, -0.2) is 8.42 Å². The fourth-order valence-corrected chi connectivity index (χ4v) is 5.41. The molecule has 7 nitrogen and oxygen atoms in total. The van der Waals surface area contributed by atoms with E-state index in [-0.39, 0.29) is 22.9 Å². The highest BCUT2D eigenvalue weighted by Crippen LogP contribution is 2.23. The van der Waals surface area contributed by atoms with Crippen LogP contribution >= 0.6 is 11.3 Å². The van der Waals surface area contributed by atoms with Crippen molar-refractivity contribution in [1.29, 1.82) is 0 Å². The molecule has 176 valence electrons. The molecule has 0 saturated heterocycles. The van der Waals surface area contributed by atoms with Gasteiger partial charge < -0.3 is 14.1 Å². The van der Waals surface area contributed by atoms with Crippen molar-refractivity contribution in [2.45, 2.75) is 24.9 Å². The second-order valence-corrected chi connectivity index (χ2v) is 10.7. The lowest BCUT2D eigenvalue weighted by Crippen LogP contribution is -2.30. The van der Waals surface area contributed by atoms with Crippen LogP contribution in [0.3, 0.4) is 0 Å². The van der Waals surface area contributed by atoms with Gasteiger partial charge in [-0.05, 0) is 73.7 Å². The molecule has 0 aliphatic rings. The predicted molar refractivity (Wildman–Crippen MR) is 132 cm³/mol. The van der Waals surface area contributed by atoms with Crippen LogP contribution < -0.4 is 9.46 Å². The molecule has 0 unspecified atom stereocenters. The van der Waals surface area contributed by atoms with Gasteiger partial charge in [-0.3, -0.25) is 9.52 Å². The molecule has 0 saturated carbocycles. The number of anilines is 1. The summed E-state index contributed by atoms with van der Waals surface area (Å²) in [4.78, 5) is 17.3. The summed E-state index contributed by atoms with van der Waals surface area (Å²) in [6.07, 6.45) is 1.56. The van der Waals surface area contributed by atoms with E-state index in [4.69, 9.17) is 9.15 Å². The van der Waals surface area contributed by atoms with E-state index in [1.54, 1.807) is 71.0 Å². The van der Waals surface area contributed by atoms with E-state index in [0.717, 1.165) is 9.75 Å². The van der Waals surface area contributed by atoms with Crippen molar-refractivity contribution in [3.63, 3.8) is 0 Å². The minimum absolute atomic E-state index is 0.000847. The molecule has 4 rings (SSSR count). The van der Waals surface area contributed by atoms with Crippen LogP contribution in [0.1, 0.15) is 25.9 Å². The number of carbonyl (C=O) groups excluding carboxylic acids is 1. The fourth-order valence-electron chi connectivity index (χ4n) is 3.40. The number of methoxy groups -OCH3 is 1. The lowest BCUT2D eigenvalue weighted by Gasteiger charge is -2.21. The third kappa shape index (κ3) is 5.67. The van der Waals surface area contributed by atoms with Crippen molar-refractivity contribution in [2.75, 3.05) is 11.8 Å². The first-order valence-corrected chi connectivity index (χ1v) is 12.8. The summed E-state index contributed by atoms with van der Waals surface area (Å²) in [5, 5.41) is 0. The second kappa shape index (κ2) is 10.1. The maximum atomic E-state index is 13.5. The molecule has 2 aromatic carbocycles. The topological polar surface area (TPSA) is 88.8 Å². The number of hydrogen-bond acceptors (Lipinski definition) is 6. The van der Waals surface area contributed by atoms with Crippen LogP contribution in [0.25, 0.3) is 0 Å². The van der Waals surface area contributed by atoms with Crippen molar-refractivity contribution in [3.8, 4) is 5.75 Å². The number of aryl methyl sites for hydroxylation is 1. The van der Waals surface area contributed by atoms with Crippen LogP contribution in [-0.4, -0.2) is 26.3 Å². The van der Waals surface area contributed by atoms with Gasteiger partial charge in [0.15, 0.2) is 0 Å². The molecule has 9 heteroatoms. The van der Waals surface area contributed by atoms with Gasteiger partial charge in [-0.2, -0.15) is 0 Å². The van der Waals surface area contributed by atoms with Crippen LogP contribution in [0.15, 0.2) is 88.4 Å². The van der Waals surface area contributed by atoms with Gasteiger partial charge in [0, 0.05) is 21.0 Å². The second-order valence-electron chi connectivity index (χ2n) is 7.61. The van der Waals surface area contributed by atoms with Gasteiger partial charge in [0.05, 0.1) is 31.4 Å². The Morgan fingerprint density at radius 1 is 1.03 bits per heavy atom. The number of carbonyl (C=O) groups is 1. The van der Waals surface area contributed by atoms with Crippen molar-refractivity contribution in [3.05, 3.63) is 100 Å². The van der Waals surface area contributed by atoms with E-state index < -0.39 is 10.0 Å². The summed E-state index contributed by atoms with van der Waals surface area (Å²) < 4.78 is 39.0. The van der Waals surface area contributed by atoms with Gasteiger partial charge in [-0.1, -0.05) is 6.07 Å². The average Bonchev–Trinajstić information content (AvgIpc) is 3.50. The van der Waals surface area contributed by atoms with E-state index in [1.807, 2.05) is 19.1 Å². The molecule has 0 fully saturated rings. The number of nitrogens with one attached hydrogen (secondary N) is 1. The highest BCUT2D eigenvalue weighted by molar-refractivity contribution is 7.92. The Labute approximate surface area is 202 Å². The highest BCUT2D eigenvalue weighted by atomic mass is 32.2. The zero-order valence-corrected chi connectivity index (χ0v) is 20.4. The van der Waals surface area contributed by atoms with Crippen LogP contribution in [0.4, 0.5) is 5.69 Å². The first kappa shape index (κ1) is 23.6. The normalized spacial score (nSPS) is 11.2. The van der Waals surface area contributed by atoms with Crippen LogP contribution in [0, 0.1) is 6.92 Å². The van der Waals surface area contributed by atoms with Crippen LogP contribution in [-0.2, 0) is 23.1 Å². The van der Waals surface area contributed by atoms with Crippen LogP contribution in [0.5, 0.6) is 5.75 Å². The van der Waals surface area contributed by atoms with Crippen molar-refractivity contribution >= 4 is 33.0 Å². The standard InChI is InChI=1S/C25H24N2O5S2/c1-18-8-13-23(33-18)17-27(16-22-6-4-14-32-22)25(28)19-5-3-7-24(15-19)34(29,30)26-20-9-11-21(31-2)12-10-20/h3-15,26H,16-17H2,1-2H3. The number of benzene rings is 2. The molecule has 1 N–H and O–H groups in total. The van der Waals surface area contributed by atoms with E-state index in [0.29, 0.717) is 23.7 Å². The minimum Gasteiger partial charge on any atom is -0.497 e. The number of hydrogen-bond donors (Lipinski definition) is 1. The Morgan fingerprint density at radius 2 is 1.82 bits per heavy atom. The number of thiophene rings is 1. The molecule has 0 atom stereocenters. The minimum atomic E-state index is -3.90. The highest BCUT2D eigenvalue weighted by Gasteiger charge is 2.22. The molecule has 1 amide bonds. The van der Waals surface area contributed by atoms with Gasteiger partial charge in [-0.15, -0.1) is 11.3 Å². The lowest BCUT2D eigenvalue weighted by molar-refractivity contribution is 0.0719. The number of nitrogens with zero attached hydrogens (tertiary/aromatic N) is 1. The van der Waals surface area contributed by atoms with Gasteiger partial charge in [0.2, 0.25) is 0 Å². The quantitative estimate of drug-likeness (QED) is 0.340. The van der Waals surface area contributed by atoms with E-state index in [1.165, 1.54) is 19.2 Å². The maximum Gasteiger partial charge on any atom is 0.261 e. The van der Waals surface area contributed by atoms with E-state index in [2.05, 4.69) is 4.72 Å². The zero-order valence-electron chi connectivity index (χ0n) is 18.7. The summed E-state index contributed by atoms with van der Waals surface area (Å²) in [5.41, 5.74) is 0.669. The van der Waals surface area contributed by atoms with Crippen molar-refractivity contribution < 1.29 is 22.4 Å². The first-order chi connectivity index (χ1) is 16.3. The predicted octanol–water partition coefficient (Wildman–Crippen LogP) is 5.30. The van der Waals surface area contributed by atoms with Crippen LogP contribution in [0.2, 0.25) is 0 Å². The van der Waals surface area contributed by atoms with E-state index in [9.17, 15) is 13.2 Å². The van der Waals surface area contributed by atoms with Gasteiger partial charge in [0.25, 0.3) is 15.9 Å². The Balaban J connectivity index is 1.58. The average molecular weight is 497 g/mol. The molecule has 0 spiro atoms. The summed E-state index contributed by atoms with van der Waals surface area (Å²) in [6.45, 7) is 2.67. The third-order valence-electron chi connectivity index (χ3n) is 5.09. The lowest BCUT2D eigenvalue weighted by atomic mass is 10.2. The number of rotatable bonds is 9. The number of ether oxygens (including phenoxy) is 1. The summed E-state index contributed by atoms with van der Waals surface area (Å²) in [7, 11) is -2.36. The number of sulfonamides is 1. The Kier molecular flexibility index (Phi) is 7.04. The summed E-state index contributed by atoms with van der Waals surface area (Å²) in [6, 6.07) is 20.2. The van der Waals surface area contributed by atoms with E-state index >= 15 is 0 Å². The Bertz CT molecular complexity index is 1360. The number of furan rings is 1. The monoisotopic (exact) mass is 496 g/mol. The Morgan fingerprint density at radius 3 is 2.47 bits per heavy atom. The summed E-state index contributed by atoms with van der Waals surface area (Å²) >= 11 is 1.61. The molecule has 0 radical (unpaired) electrons. The molecular formula is C25H24N2O5S2. The molecule has 4 aromatic rings. The molecule has 2 aromatic heterocycles. The molecular weight excluding hydrogens is 472 g/mol. The molecule has 2 heterocycles. The molecule has 0 bridgehead atoms. The smallest absolute Gasteiger partial charge is 0.261 e. The fraction of sp³-hybridized carbons (Fsp3) is 0.160. The van der Waals surface area contributed by atoms with Crippen molar-refractivity contribution in [2.24, 2.45) is 0 Å². The molecule has 0 aliphatic heterocycles.